The Kier molecular flexibility index (Phi) is 3.40. The molecule has 0 fully saturated rings. The minimum atomic E-state index is -0.0922. The van der Waals surface area contributed by atoms with Gasteiger partial charge in [0.2, 0.25) is 0 Å². The van der Waals surface area contributed by atoms with Gasteiger partial charge in [-0.2, -0.15) is 0 Å². The lowest BCUT2D eigenvalue weighted by molar-refractivity contribution is 0.137. The number of hydrogen-bond acceptors (Lipinski definition) is 4. The van der Waals surface area contributed by atoms with E-state index >= 15 is 0 Å². The van der Waals surface area contributed by atoms with Gasteiger partial charge in [-0.15, -0.1) is 0 Å². The minimum absolute atomic E-state index is 0.0922. The van der Waals surface area contributed by atoms with Gasteiger partial charge in [0, 0.05) is 31.3 Å². The number of para-hydroxylation sites is 1. The lowest BCUT2D eigenvalue weighted by atomic mass is 10.0. The third kappa shape index (κ3) is 2.80. The average molecular weight is 269 g/mol. The van der Waals surface area contributed by atoms with Gasteiger partial charge in [-0.3, -0.25) is 0 Å². The smallest absolute Gasteiger partial charge is 0.127 e. The van der Waals surface area contributed by atoms with Crippen LogP contribution in [-0.2, 0) is 19.5 Å². The monoisotopic (exact) mass is 269 g/mol. The van der Waals surface area contributed by atoms with E-state index in [0.717, 1.165) is 31.0 Å². The Bertz CT molecular complexity index is 596. The summed E-state index contributed by atoms with van der Waals surface area (Å²) in [6.45, 7) is 5.77. The summed E-state index contributed by atoms with van der Waals surface area (Å²) in [5.74, 6) is 1.05. The van der Waals surface area contributed by atoms with Crippen LogP contribution in [0, 0.1) is 0 Å². The summed E-state index contributed by atoms with van der Waals surface area (Å²) in [6.07, 6.45) is 4.31. The van der Waals surface area contributed by atoms with E-state index in [4.69, 9.17) is 4.74 Å². The molecule has 0 bridgehead atoms. The number of benzene rings is 1. The van der Waals surface area contributed by atoms with Crippen molar-refractivity contribution in [2.24, 2.45) is 0 Å². The number of ether oxygens (including phenoxy) is 1. The summed E-state index contributed by atoms with van der Waals surface area (Å²) in [7, 11) is 0. The van der Waals surface area contributed by atoms with Crippen LogP contribution in [0.1, 0.15) is 30.7 Å². The highest BCUT2D eigenvalue weighted by Gasteiger charge is 2.31. The van der Waals surface area contributed by atoms with E-state index in [1.807, 2.05) is 6.07 Å². The van der Waals surface area contributed by atoms with Crippen LogP contribution in [0.2, 0.25) is 0 Å². The second-order valence-corrected chi connectivity index (χ2v) is 5.75. The summed E-state index contributed by atoms with van der Waals surface area (Å²) in [6, 6.07) is 8.29. The third-order valence-corrected chi connectivity index (χ3v) is 3.44. The second kappa shape index (κ2) is 5.21. The quantitative estimate of drug-likeness (QED) is 0.926. The van der Waals surface area contributed by atoms with E-state index in [0.29, 0.717) is 0 Å². The number of fused-ring (bicyclic) bond motifs is 1. The molecule has 1 aliphatic heterocycles. The Balaban J connectivity index is 1.66. The molecule has 4 heteroatoms. The summed E-state index contributed by atoms with van der Waals surface area (Å²) in [5.41, 5.74) is 3.41. The molecular formula is C16H19N3O. The van der Waals surface area contributed by atoms with Crippen molar-refractivity contribution >= 4 is 0 Å². The molecule has 3 rings (SSSR count). The van der Waals surface area contributed by atoms with Crippen LogP contribution >= 0.6 is 0 Å². The van der Waals surface area contributed by atoms with Crippen molar-refractivity contribution in [2.45, 2.75) is 39.0 Å². The molecule has 0 aliphatic carbocycles. The Labute approximate surface area is 119 Å². The number of rotatable bonds is 4. The molecule has 0 unspecified atom stereocenters. The van der Waals surface area contributed by atoms with Crippen LogP contribution in [0.4, 0.5) is 0 Å². The van der Waals surface area contributed by atoms with E-state index in [1.54, 1.807) is 12.5 Å². The van der Waals surface area contributed by atoms with Crippen molar-refractivity contribution in [2.75, 3.05) is 0 Å². The van der Waals surface area contributed by atoms with Gasteiger partial charge in [0.25, 0.3) is 0 Å². The molecule has 0 atom stereocenters. The van der Waals surface area contributed by atoms with Crippen LogP contribution in [0.3, 0.4) is 0 Å². The Hall–Kier alpha value is -1.94. The van der Waals surface area contributed by atoms with Gasteiger partial charge in [0.05, 0.1) is 5.69 Å². The Morgan fingerprint density at radius 3 is 2.95 bits per heavy atom. The normalized spacial score (nSPS) is 15.7. The van der Waals surface area contributed by atoms with Crippen LogP contribution in [0.25, 0.3) is 0 Å². The molecule has 2 aromatic rings. The summed E-state index contributed by atoms with van der Waals surface area (Å²) in [5, 5.41) is 3.40. The van der Waals surface area contributed by atoms with Gasteiger partial charge < -0.3 is 10.1 Å². The summed E-state index contributed by atoms with van der Waals surface area (Å²) < 4.78 is 6.06. The molecule has 1 aliphatic rings. The SMILES string of the molecule is CC1(C)Cc2cccc(CNCc3ccncn3)c2O1. The third-order valence-electron chi connectivity index (χ3n) is 3.44. The summed E-state index contributed by atoms with van der Waals surface area (Å²) >= 11 is 0. The first-order chi connectivity index (χ1) is 9.64. The average Bonchev–Trinajstić information content (AvgIpc) is 2.75. The number of aromatic nitrogens is 2. The molecule has 1 N–H and O–H groups in total. The molecule has 104 valence electrons. The Morgan fingerprint density at radius 1 is 1.25 bits per heavy atom. The first-order valence-corrected chi connectivity index (χ1v) is 6.89. The minimum Gasteiger partial charge on any atom is -0.487 e. The zero-order valence-corrected chi connectivity index (χ0v) is 11.9. The molecule has 1 aromatic heterocycles. The van der Waals surface area contributed by atoms with Crippen LogP contribution in [0.5, 0.6) is 5.75 Å². The predicted molar refractivity (Wildman–Crippen MR) is 77.4 cm³/mol. The zero-order valence-electron chi connectivity index (χ0n) is 11.9. The molecule has 4 nitrogen and oxygen atoms in total. The highest BCUT2D eigenvalue weighted by molar-refractivity contribution is 5.45. The molecule has 0 radical (unpaired) electrons. The molecule has 1 aromatic carbocycles. The van der Waals surface area contributed by atoms with E-state index in [2.05, 4.69) is 47.3 Å². The number of hydrogen-bond donors (Lipinski definition) is 1. The van der Waals surface area contributed by atoms with Crippen molar-refractivity contribution in [3.05, 3.63) is 53.6 Å². The van der Waals surface area contributed by atoms with Crippen molar-refractivity contribution < 1.29 is 4.74 Å². The molecule has 0 spiro atoms. The van der Waals surface area contributed by atoms with Crippen LogP contribution < -0.4 is 10.1 Å². The molecule has 20 heavy (non-hydrogen) atoms. The van der Waals surface area contributed by atoms with E-state index < -0.39 is 0 Å². The van der Waals surface area contributed by atoms with E-state index in [-0.39, 0.29) is 5.60 Å². The van der Waals surface area contributed by atoms with Crippen LogP contribution in [0.15, 0.2) is 36.8 Å². The Morgan fingerprint density at radius 2 is 2.15 bits per heavy atom. The number of nitrogens with one attached hydrogen (secondary N) is 1. The van der Waals surface area contributed by atoms with Crippen molar-refractivity contribution in [1.29, 1.82) is 0 Å². The van der Waals surface area contributed by atoms with Gasteiger partial charge in [0.15, 0.2) is 0 Å². The van der Waals surface area contributed by atoms with Gasteiger partial charge in [0.1, 0.15) is 17.7 Å². The fourth-order valence-corrected chi connectivity index (χ4v) is 2.57. The molecule has 2 heterocycles. The largest absolute Gasteiger partial charge is 0.487 e. The highest BCUT2D eigenvalue weighted by atomic mass is 16.5. The second-order valence-electron chi connectivity index (χ2n) is 5.75. The van der Waals surface area contributed by atoms with Gasteiger partial charge >= 0.3 is 0 Å². The first kappa shape index (κ1) is 13.1. The highest BCUT2D eigenvalue weighted by Crippen LogP contribution is 2.37. The van der Waals surface area contributed by atoms with E-state index in [9.17, 15) is 0 Å². The maximum absolute atomic E-state index is 6.06. The fourth-order valence-electron chi connectivity index (χ4n) is 2.57. The van der Waals surface area contributed by atoms with Gasteiger partial charge in [-0.1, -0.05) is 18.2 Å². The van der Waals surface area contributed by atoms with E-state index in [1.165, 1.54) is 11.1 Å². The lowest BCUT2D eigenvalue weighted by Gasteiger charge is -2.18. The van der Waals surface area contributed by atoms with Crippen LogP contribution in [-0.4, -0.2) is 15.6 Å². The van der Waals surface area contributed by atoms with Crippen molar-refractivity contribution in [1.82, 2.24) is 15.3 Å². The maximum atomic E-state index is 6.06. The lowest BCUT2D eigenvalue weighted by Crippen LogP contribution is -2.25. The number of nitrogens with zero attached hydrogens (tertiary/aromatic N) is 2. The molecule has 0 amide bonds. The van der Waals surface area contributed by atoms with Gasteiger partial charge in [-0.05, 0) is 25.5 Å². The first-order valence-electron chi connectivity index (χ1n) is 6.89. The van der Waals surface area contributed by atoms with Crippen molar-refractivity contribution in [3.63, 3.8) is 0 Å². The summed E-state index contributed by atoms with van der Waals surface area (Å²) in [4.78, 5) is 8.12. The predicted octanol–water partition coefficient (Wildman–Crippen LogP) is 2.48. The topological polar surface area (TPSA) is 47.0 Å². The molecule has 0 saturated carbocycles. The molecule has 0 saturated heterocycles. The molecular weight excluding hydrogens is 250 g/mol. The maximum Gasteiger partial charge on any atom is 0.127 e. The van der Waals surface area contributed by atoms with Crippen molar-refractivity contribution in [3.8, 4) is 5.75 Å². The van der Waals surface area contributed by atoms with Gasteiger partial charge in [-0.25, -0.2) is 9.97 Å². The zero-order chi connectivity index (χ0) is 14.0. The standard InChI is InChI=1S/C16H19N3O/c1-16(2)8-12-4-3-5-13(15(12)20-16)9-18-10-14-6-7-17-11-19-14/h3-7,11,18H,8-10H2,1-2H3. The fraction of sp³-hybridized carbons (Fsp3) is 0.375.